The predicted octanol–water partition coefficient (Wildman–Crippen LogP) is 2.89. The first-order valence-corrected chi connectivity index (χ1v) is 12.1. The monoisotopic (exact) mass is 422 g/mol. The van der Waals surface area contributed by atoms with Crippen LogP contribution in [0.3, 0.4) is 0 Å². The lowest BCUT2D eigenvalue weighted by molar-refractivity contribution is -0.113. The smallest absolute Gasteiger partial charge is 0.235 e. The third-order valence-corrected chi connectivity index (χ3v) is 8.21. The zero-order chi connectivity index (χ0) is 19.0. The van der Waals surface area contributed by atoms with E-state index in [9.17, 15) is 13.2 Å². The van der Waals surface area contributed by atoms with E-state index >= 15 is 0 Å². The highest BCUT2D eigenvalue weighted by molar-refractivity contribution is 8.01. The molecule has 0 saturated carbocycles. The van der Waals surface area contributed by atoms with E-state index in [-0.39, 0.29) is 29.2 Å². The summed E-state index contributed by atoms with van der Waals surface area (Å²) in [5.74, 6) is 0.841. The van der Waals surface area contributed by atoms with Crippen LogP contribution in [0.4, 0.5) is 5.82 Å². The van der Waals surface area contributed by atoms with Gasteiger partial charge in [0.2, 0.25) is 5.91 Å². The van der Waals surface area contributed by atoms with Crippen molar-refractivity contribution in [1.82, 2.24) is 14.8 Å². The summed E-state index contributed by atoms with van der Waals surface area (Å²) >= 11 is 2.95. The molecule has 1 N–H and O–H groups in total. The van der Waals surface area contributed by atoms with Crippen LogP contribution in [0, 0.1) is 6.92 Å². The van der Waals surface area contributed by atoms with E-state index < -0.39 is 9.84 Å². The summed E-state index contributed by atoms with van der Waals surface area (Å²) < 4.78 is 27.1. The molecule has 1 unspecified atom stereocenters. The average molecular weight is 423 g/mol. The Morgan fingerprint density at radius 3 is 2.96 bits per heavy atom. The molecule has 3 aromatic rings. The van der Waals surface area contributed by atoms with Gasteiger partial charge in [-0.05, 0) is 25.5 Å². The summed E-state index contributed by atoms with van der Waals surface area (Å²) in [6, 6.07) is 9.41. The Hall–Kier alpha value is -1.91. The lowest BCUT2D eigenvalue weighted by Crippen LogP contribution is -2.20. The molecule has 4 rings (SSSR count). The van der Waals surface area contributed by atoms with E-state index in [1.165, 1.54) is 11.8 Å². The molecule has 0 aliphatic carbocycles. The van der Waals surface area contributed by atoms with Crippen molar-refractivity contribution in [2.24, 2.45) is 0 Å². The van der Waals surface area contributed by atoms with Gasteiger partial charge in [-0.1, -0.05) is 23.9 Å². The summed E-state index contributed by atoms with van der Waals surface area (Å²) in [7, 11) is -3.02. The van der Waals surface area contributed by atoms with Gasteiger partial charge in [0.25, 0.3) is 0 Å². The largest absolute Gasteiger partial charge is 0.310 e. The first kappa shape index (κ1) is 18.5. The normalized spacial score (nSPS) is 18.8. The van der Waals surface area contributed by atoms with Crippen molar-refractivity contribution in [3.05, 3.63) is 36.0 Å². The van der Waals surface area contributed by atoms with Crippen LogP contribution >= 0.6 is 23.1 Å². The van der Waals surface area contributed by atoms with Crippen molar-refractivity contribution in [2.75, 3.05) is 22.6 Å². The number of carbonyl (C=O) groups excluding carboxylic acids is 1. The average Bonchev–Trinajstić information content (AvgIpc) is 3.29. The van der Waals surface area contributed by atoms with Gasteiger partial charge in [0.05, 0.1) is 39.2 Å². The number of benzene rings is 1. The maximum Gasteiger partial charge on any atom is 0.235 e. The summed E-state index contributed by atoms with van der Waals surface area (Å²) in [6.07, 6.45) is 0.521. The van der Waals surface area contributed by atoms with Crippen LogP contribution < -0.4 is 5.32 Å². The van der Waals surface area contributed by atoms with Crippen molar-refractivity contribution in [2.45, 2.75) is 23.7 Å². The van der Waals surface area contributed by atoms with Gasteiger partial charge in [-0.25, -0.2) is 18.1 Å². The molecular weight excluding hydrogens is 404 g/mol. The van der Waals surface area contributed by atoms with Crippen LogP contribution in [0.2, 0.25) is 0 Å². The molecule has 0 bridgehead atoms. The van der Waals surface area contributed by atoms with Crippen molar-refractivity contribution in [1.29, 1.82) is 0 Å². The topological polar surface area (TPSA) is 94.0 Å². The fourth-order valence-electron chi connectivity index (χ4n) is 3.08. The van der Waals surface area contributed by atoms with E-state index in [0.29, 0.717) is 12.2 Å². The first-order valence-electron chi connectivity index (χ1n) is 8.44. The van der Waals surface area contributed by atoms with Crippen molar-refractivity contribution >= 4 is 54.9 Å². The van der Waals surface area contributed by atoms with Gasteiger partial charge >= 0.3 is 0 Å². The molecule has 27 heavy (non-hydrogen) atoms. The molecule has 1 fully saturated rings. The van der Waals surface area contributed by atoms with Crippen LogP contribution in [0.1, 0.15) is 18.2 Å². The van der Waals surface area contributed by atoms with Crippen LogP contribution in [0.5, 0.6) is 0 Å². The van der Waals surface area contributed by atoms with E-state index in [1.54, 1.807) is 22.1 Å². The fourth-order valence-corrected chi connectivity index (χ4v) is 6.64. The van der Waals surface area contributed by atoms with Crippen molar-refractivity contribution in [3.8, 4) is 0 Å². The van der Waals surface area contributed by atoms with Gasteiger partial charge in [0, 0.05) is 6.07 Å². The van der Waals surface area contributed by atoms with Crippen LogP contribution in [0.25, 0.3) is 10.2 Å². The molecule has 142 valence electrons. The Bertz CT molecular complexity index is 1070. The third-order valence-electron chi connectivity index (χ3n) is 4.28. The molecule has 1 aromatic carbocycles. The summed E-state index contributed by atoms with van der Waals surface area (Å²) in [5.41, 5.74) is 1.68. The van der Waals surface area contributed by atoms with Gasteiger partial charge in [0.1, 0.15) is 5.82 Å². The highest BCUT2D eigenvalue weighted by atomic mass is 32.2. The van der Waals surface area contributed by atoms with Crippen LogP contribution in [0.15, 0.2) is 34.7 Å². The molecule has 1 amide bonds. The molecule has 0 spiro atoms. The Balaban J connectivity index is 1.42. The zero-order valence-electron chi connectivity index (χ0n) is 14.6. The van der Waals surface area contributed by atoms with Gasteiger partial charge in [-0.15, -0.1) is 11.3 Å². The quantitative estimate of drug-likeness (QED) is 0.636. The molecule has 3 heterocycles. The summed E-state index contributed by atoms with van der Waals surface area (Å²) in [6.45, 7) is 1.82. The molecule has 1 saturated heterocycles. The molecule has 2 aromatic heterocycles. The predicted molar refractivity (Wildman–Crippen MR) is 108 cm³/mol. The number of aryl methyl sites for hydroxylation is 1. The fraction of sp³-hybridized carbons (Fsp3) is 0.353. The number of thiazole rings is 1. The van der Waals surface area contributed by atoms with Crippen molar-refractivity contribution in [3.63, 3.8) is 0 Å². The molecule has 10 heteroatoms. The first-order chi connectivity index (χ1) is 12.9. The maximum absolute atomic E-state index is 12.4. The highest BCUT2D eigenvalue weighted by Gasteiger charge is 2.31. The second-order valence-electron chi connectivity index (χ2n) is 6.46. The number of hydrogen-bond acceptors (Lipinski definition) is 7. The Labute approximate surface area is 165 Å². The number of anilines is 1. The van der Waals surface area contributed by atoms with Crippen LogP contribution in [-0.2, 0) is 14.6 Å². The number of carbonyl (C=O) groups is 1. The number of aromatic nitrogens is 3. The zero-order valence-corrected chi connectivity index (χ0v) is 17.0. The van der Waals surface area contributed by atoms with Crippen LogP contribution in [-0.4, -0.2) is 46.3 Å². The highest BCUT2D eigenvalue weighted by Crippen LogP contribution is 2.30. The van der Waals surface area contributed by atoms with E-state index in [2.05, 4.69) is 15.4 Å². The van der Waals surface area contributed by atoms with E-state index in [1.807, 2.05) is 31.2 Å². The number of amides is 1. The molecule has 1 atom stereocenters. The molecular formula is C17H18N4O3S3. The standard InChI is InChI=1S/C17H18N4O3S3/c1-11-8-15(21(20-11)12-6-7-27(23,24)10-12)19-16(22)9-25-17-18-13-4-2-3-5-14(13)26-17/h2-5,8,12H,6-7,9-10H2,1H3,(H,19,22). The number of nitrogens with zero attached hydrogens (tertiary/aromatic N) is 3. The minimum Gasteiger partial charge on any atom is -0.310 e. The number of fused-ring (bicyclic) bond motifs is 1. The maximum atomic E-state index is 12.4. The summed E-state index contributed by atoms with van der Waals surface area (Å²) in [5, 5.41) is 7.24. The number of nitrogens with one attached hydrogen (secondary N) is 1. The Morgan fingerprint density at radius 1 is 1.41 bits per heavy atom. The van der Waals surface area contributed by atoms with E-state index in [4.69, 9.17) is 0 Å². The molecule has 7 nitrogen and oxygen atoms in total. The lowest BCUT2D eigenvalue weighted by Gasteiger charge is -2.13. The third kappa shape index (κ3) is 4.17. The van der Waals surface area contributed by atoms with Crippen molar-refractivity contribution < 1.29 is 13.2 Å². The van der Waals surface area contributed by atoms with Gasteiger partial charge in [-0.3, -0.25) is 4.79 Å². The minimum absolute atomic E-state index is 0.0669. The molecule has 1 aliphatic heterocycles. The summed E-state index contributed by atoms with van der Waals surface area (Å²) in [4.78, 5) is 16.9. The SMILES string of the molecule is Cc1cc(NC(=O)CSc2nc3ccccc3s2)n(C2CCS(=O)(=O)C2)n1. The Kier molecular flexibility index (Phi) is 4.95. The second kappa shape index (κ2) is 7.25. The number of sulfone groups is 1. The molecule has 1 aliphatic rings. The minimum atomic E-state index is -3.02. The number of thioether (sulfide) groups is 1. The van der Waals surface area contributed by atoms with Gasteiger partial charge < -0.3 is 5.32 Å². The van der Waals surface area contributed by atoms with Gasteiger partial charge in [-0.2, -0.15) is 5.10 Å². The number of hydrogen-bond donors (Lipinski definition) is 1. The number of rotatable bonds is 5. The molecule has 0 radical (unpaired) electrons. The Morgan fingerprint density at radius 2 is 2.22 bits per heavy atom. The van der Waals surface area contributed by atoms with Gasteiger partial charge in [0.15, 0.2) is 14.2 Å². The lowest BCUT2D eigenvalue weighted by atomic mass is 10.3. The van der Waals surface area contributed by atoms with E-state index in [0.717, 1.165) is 20.3 Å². The number of para-hydroxylation sites is 1. The second-order valence-corrected chi connectivity index (χ2v) is 10.9.